The Balaban J connectivity index is 2.08. The largest absolute Gasteiger partial charge is 0.508 e. The first-order valence-electron chi connectivity index (χ1n) is 19.5. The molecule has 0 saturated carbocycles. The zero-order valence-corrected chi connectivity index (χ0v) is 31.5. The molecule has 52 heavy (non-hydrogen) atoms. The van der Waals surface area contributed by atoms with Gasteiger partial charge in [-0.15, -0.1) is 0 Å². The molecule has 290 valence electrons. The maximum atomic E-state index is 11.9. The number of fused-ring (bicyclic) bond motifs is 1. The number of aliphatic carboxylic acids is 1. The predicted octanol–water partition coefficient (Wildman–Crippen LogP) is 5.95. The van der Waals surface area contributed by atoms with Crippen LogP contribution in [0.5, 0.6) is 5.75 Å². The van der Waals surface area contributed by atoms with Gasteiger partial charge in [0.05, 0.1) is 24.4 Å². The van der Waals surface area contributed by atoms with E-state index < -0.39 is 30.4 Å². The van der Waals surface area contributed by atoms with Crippen LogP contribution >= 0.6 is 0 Å². The van der Waals surface area contributed by atoms with Gasteiger partial charge in [0.25, 0.3) is 0 Å². The van der Waals surface area contributed by atoms with Crippen molar-refractivity contribution >= 4 is 5.97 Å². The van der Waals surface area contributed by atoms with Crippen molar-refractivity contribution in [1.82, 2.24) is 5.32 Å². The first-order valence-corrected chi connectivity index (χ1v) is 19.5. The summed E-state index contributed by atoms with van der Waals surface area (Å²) in [6, 6.07) is 13.2. The number of phenolic OH excluding ortho intramolecular Hbond substituents is 1. The van der Waals surface area contributed by atoms with Gasteiger partial charge in [-0.3, -0.25) is 4.79 Å². The van der Waals surface area contributed by atoms with E-state index in [-0.39, 0.29) is 50.1 Å². The van der Waals surface area contributed by atoms with Crippen LogP contribution in [0.4, 0.5) is 0 Å². The van der Waals surface area contributed by atoms with Gasteiger partial charge in [-0.1, -0.05) is 81.5 Å². The molecular formula is C43H65NO8. The molecule has 0 fully saturated rings. The molecule has 0 aliphatic heterocycles. The van der Waals surface area contributed by atoms with Gasteiger partial charge >= 0.3 is 5.97 Å². The Morgan fingerprint density at radius 1 is 0.981 bits per heavy atom. The number of nitrogens with one attached hydrogen (secondary N) is 1. The Morgan fingerprint density at radius 2 is 1.73 bits per heavy atom. The summed E-state index contributed by atoms with van der Waals surface area (Å²) in [7, 11) is 0. The number of aryl methyl sites for hydroxylation is 2. The second-order valence-corrected chi connectivity index (χ2v) is 15.0. The molecule has 0 radical (unpaired) electrons. The average Bonchev–Trinajstić information content (AvgIpc) is 3.11. The van der Waals surface area contributed by atoms with Crippen LogP contribution in [0.15, 0.2) is 65.8 Å². The van der Waals surface area contributed by atoms with Gasteiger partial charge in [-0.05, 0) is 116 Å². The van der Waals surface area contributed by atoms with Gasteiger partial charge in [0.2, 0.25) is 0 Å². The molecule has 2 aromatic rings. The van der Waals surface area contributed by atoms with Crippen LogP contribution in [-0.4, -0.2) is 85.3 Å². The quantitative estimate of drug-likeness (QED) is 0.0685. The lowest BCUT2D eigenvalue weighted by Gasteiger charge is -2.36. The Hall–Kier alpha value is -3.05. The van der Waals surface area contributed by atoms with E-state index in [0.29, 0.717) is 25.7 Å². The molecule has 0 saturated heterocycles. The number of carboxylic acids is 1. The molecule has 0 aromatic heterocycles. The van der Waals surface area contributed by atoms with E-state index in [1.54, 1.807) is 25.1 Å². The summed E-state index contributed by atoms with van der Waals surface area (Å²) in [6.07, 6.45) is 13.0. The number of hydrogen-bond acceptors (Lipinski definition) is 8. The number of aliphatic hydroxyl groups is 5. The van der Waals surface area contributed by atoms with Gasteiger partial charge in [0, 0.05) is 32.0 Å². The lowest BCUT2D eigenvalue weighted by Crippen LogP contribution is -2.48. The second kappa shape index (κ2) is 22.9. The third kappa shape index (κ3) is 15.1. The molecule has 9 nitrogen and oxygen atoms in total. The predicted molar refractivity (Wildman–Crippen MR) is 206 cm³/mol. The van der Waals surface area contributed by atoms with Gasteiger partial charge in [0.1, 0.15) is 5.75 Å². The van der Waals surface area contributed by atoms with Crippen LogP contribution in [0, 0.1) is 5.92 Å². The van der Waals surface area contributed by atoms with Crippen LogP contribution < -0.4 is 5.32 Å². The first-order chi connectivity index (χ1) is 25.0. The fraction of sp³-hybridized carbons (Fsp3) is 0.605. The standard InChI is InChI=1S/C43H65NO8/c1-3-4-6-14-37(47)22-20-33-18-16-31-11-9-10-12-32(31)17-19-34(13-7-5-8-15-41(50)51)42(40(33)27-39(49)29-46)44-30-43(2,52)28-36-21-23-38(48)26-35(36)24-25-45/h9-12,20-23,26,34,37,39,42,44-49,52H,3-8,13-19,24-25,27-30H2,1-2H3,(H,50,51)/t34-,37-,39-,42+,43-/m0/s1. The Morgan fingerprint density at radius 3 is 2.42 bits per heavy atom. The molecule has 1 aliphatic rings. The fourth-order valence-corrected chi connectivity index (χ4v) is 7.56. The summed E-state index contributed by atoms with van der Waals surface area (Å²) in [6.45, 7) is 3.63. The number of hydrogen-bond donors (Lipinski definition) is 8. The van der Waals surface area contributed by atoms with Crippen LogP contribution in [0.1, 0.15) is 113 Å². The first kappa shape index (κ1) is 43.4. The Kier molecular flexibility index (Phi) is 19.1. The number of unbranched alkanes of at least 4 members (excludes halogenated alkanes) is 4. The lowest BCUT2D eigenvalue weighted by molar-refractivity contribution is -0.137. The molecule has 8 N–H and O–H groups in total. The van der Waals surface area contributed by atoms with Crippen molar-refractivity contribution in [2.24, 2.45) is 5.92 Å². The summed E-state index contributed by atoms with van der Waals surface area (Å²) < 4.78 is 0. The van der Waals surface area contributed by atoms with Crippen molar-refractivity contribution in [3.63, 3.8) is 0 Å². The number of aliphatic hydroxyl groups excluding tert-OH is 4. The van der Waals surface area contributed by atoms with Gasteiger partial charge in [0.15, 0.2) is 0 Å². The van der Waals surface area contributed by atoms with Crippen molar-refractivity contribution in [3.8, 4) is 5.75 Å². The van der Waals surface area contributed by atoms with Crippen molar-refractivity contribution < 1.29 is 40.5 Å². The molecule has 0 bridgehead atoms. The summed E-state index contributed by atoms with van der Waals surface area (Å²) in [5, 5.41) is 76.6. The molecule has 0 heterocycles. The summed E-state index contributed by atoms with van der Waals surface area (Å²) in [5.74, 6) is -0.638. The normalized spacial score (nSPS) is 19.3. The van der Waals surface area contributed by atoms with Gasteiger partial charge in [-0.25, -0.2) is 0 Å². The molecule has 2 aromatic carbocycles. The van der Waals surface area contributed by atoms with Gasteiger partial charge < -0.3 is 41.1 Å². The van der Waals surface area contributed by atoms with E-state index in [4.69, 9.17) is 0 Å². The van der Waals surface area contributed by atoms with Crippen molar-refractivity contribution in [2.75, 3.05) is 19.8 Å². The fourth-order valence-electron chi connectivity index (χ4n) is 7.56. The number of aromatic hydroxyl groups is 1. The third-order valence-corrected chi connectivity index (χ3v) is 10.4. The van der Waals surface area contributed by atoms with Gasteiger partial charge in [-0.2, -0.15) is 0 Å². The maximum absolute atomic E-state index is 11.9. The molecule has 0 amide bonds. The molecule has 0 spiro atoms. The number of rotatable bonds is 22. The average molecular weight is 724 g/mol. The highest BCUT2D eigenvalue weighted by Crippen LogP contribution is 2.34. The molecule has 5 atom stereocenters. The summed E-state index contributed by atoms with van der Waals surface area (Å²) in [5.41, 5.74) is 4.89. The third-order valence-electron chi connectivity index (χ3n) is 10.4. The Bertz CT molecular complexity index is 1420. The lowest BCUT2D eigenvalue weighted by atomic mass is 9.77. The SMILES string of the molecule is CCCCC[C@H](O)C=CC1=C(C[C@H](O)CO)[C@H](NC[C@@](C)(O)Cc2ccc(O)cc2CCO)[C@@H](CCCCCC(=O)O)CCc2ccccc2CC1. The molecule has 0 unspecified atom stereocenters. The van der Waals surface area contributed by atoms with Crippen LogP contribution in [0.25, 0.3) is 0 Å². The van der Waals surface area contributed by atoms with Crippen LogP contribution in [-0.2, 0) is 30.5 Å². The van der Waals surface area contributed by atoms with E-state index in [0.717, 1.165) is 80.1 Å². The van der Waals surface area contributed by atoms with E-state index in [2.05, 4.69) is 36.5 Å². The number of carbonyl (C=O) groups is 1. The number of benzene rings is 2. The minimum absolute atomic E-state index is 0.0594. The highest BCUT2D eigenvalue weighted by molar-refractivity contribution is 5.66. The monoisotopic (exact) mass is 723 g/mol. The minimum Gasteiger partial charge on any atom is -0.508 e. The number of carboxylic acid groups (broad SMARTS) is 1. The smallest absolute Gasteiger partial charge is 0.303 e. The number of allylic oxidation sites excluding steroid dienone is 2. The molecular weight excluding hydrogens is 658 g/mol. The summed E-state index contributed by atoms with van der Waals surface area (Å²) >= 11 is 0. The molecule has 3 rings (SSSR count). The van der Waals surface area contributed by atoms with Crippen molar-refractivity contribution in [1.29, 1.82) is 0 Å². The Labute approximate surface area is 311 Å². The second-order valence-electron chi connectivity index (χ2n) is 15.0. The van der Waals surface area contributed by atoms with Crippen molar-refractivity contribution in [3.05, 3.63) is 88.0 Å². The van der Waals surface area contributed by atoms with Crippen LogP contribution in [0.3, 0.4) is 0 Å². The van der Waals surface area contributed by atoms with E-state index >= 15 is 0 Å². The minimum atomic E-state index is -1.22. The van der Waals surface area contributed by atoms with Crippen molar-refractivity contribution in [2.45, 2.75) is 140 Å². The number of phenols is 1. The zero-order chi connectivity index (χ0) is 37.9. The van der Waals surface area contributed by atoms with E-state index in [1.165, 1.54) is 11.1 Å². The summed E-state index contributed by atoms with van der Waals surface area (Å²) in [4.78, 5) is 11.2. The topological polar surface area (TPSA) is 171 Å². The molecule has 9 heteroatoms. The highest BCUT2D eigenvalue weighted by Gasteiger charge is 2.32. The maximum Gasteiger partial charge on any atom is 0.303 e. The zero-order valence-electron chi connectivity index (χ0n) is 31.5. The van der Waals surface area contributed by atoms with E-state index in [1.807, 2.05) is 12.2 Å². The highest BCUT2D eigenvalue weighted by atomic mass is 16.4. The van der Waals surface area contributed by atoms with Crippen LogP contribution in [0.2, 0.25) is 0 Å². The molecule has 1 aliphatic carbocycles. The van der Waals surface area contributed by atoms with E-state index in [9.17, 15) is 40.5 Å².